The summed E-state index contributed by atoms with van der Waals surface area (Å²) < 4.78 is 0. The largest absolute Gasteiger partial charge is 0.320 e. The highest BCUT2D eigenvalue weighted by Crippen LogP contribution is 1.96. The highest BCUT2D eigenvalue weighted by Gasteiger charge is 1.82. The normalized spacial score (nSPS) is 7.85. The van der Waals surface area contributed by atoms with Crippen LogP contribution in [0.1, 0.15) is 66.7 Å². The zero-order valence-corrected chi connectivity index (χ0v) is 10.7. The molecule has 1 N–H and O–H groups in total. The van der Waals surface area contributed by atoms with Crippen molar-refractivity contribution in [2.24, 2.45) is 0 Å². The lowest BCUT2D eigenvalue weighted by Crippen LogP contribution is -2.06. The number of nitrogens with one attached hydrogen (secondary N) is 1. The summed E-state index contributed by atoms with van der Waals surface area (Å²) in [5.41, 5.74) is 0. The molecule has 0 aromatic heterocycles. The molecule has 1 heteroatoms. The highest BCUT2D eigenvalue weighted by atomic mass is 14.8. The van der Waals surface area contributed by atoms with E-state index in [1.165, 1.54) is 38.6 Å². The lowest BCUT2D eigenvalue weighted by atomic mass is 10.2. The first-order valence-electron chi connectivity index (χ1n) is 5.97. The van der Waals surface area contributed by atoms with Crippen molar-refractivity contribution in [1.82, 2.24) is 5.32 Å². The third-order valence-corrected chi connectivity index (χ3v) is 1.28. The van der Waals surface area contributed by atoms with Crippen molar-refractivity contribution in [2.45, 2.75) is 66.7 Å². The summed E-state index contributed by atoms with van der Waals surface area (Å²) in [4.78, 5) is 0. The van der Waals surface area contributed by atoms with E-state index in [2.05, 4.69) is 26.1 Å². The minimum absolute atomic E-state index is 1.18. The van der Waals surface area contributed by atoms with Gasteiger partial charge in [-0.1, -0.05) is 60.3 Å². The molecule has 13 heavy (non-hydrogen) atoms. The van der Waals surface area contributed by atoms with Crippen molar-refractivity contribution < 1.29 is 0 Å². The molecule has 0 aliphatic rings. The van der Waals surface area contributed by atoms with Crippen LogP contribution in [-0.2, 0) is 0 Å². The summed E-state index contributed by atoms with van der Waals surface area (Å²) in [5, 5.41) is 3.13. The van der Waals surface area contributed by atoms with Crippen LogP contribution in [0.15, 0.2) is 0 Å². The zero-order chi connectivity index (χ0) is 10.9. The minimum Gasteiger partial charge on any atom is -0.320 e. The van der Waals surface area contributed by atoms with Crippen LogP contribution >= 0.6 is 0 Å². The van der Waals surface area contributed by atoms with E-state index in [1.807, 2.05) is 20.9 Å². The van der Waals surface area contributed by atoms with Crippen molar-refractivity contribution in [3.63, 3.8) is 0 Å². The van der Waals surface area contributed by atoms with Crippen molar-refractivity contribution in [3.05, 3.63) is 0 Å². The molecule has 0 aromatic rings. The SMILES string of the molecule is CC.CCC.CCCCCCNC. The molecule has 0 radical (unpaired) electrons. The topological polar surface area (TPSA) is 12.0 Å². The monoisotopic (exact) mass is 189 g/mol. The van der Waals surface area contributed by atoms with E-state index in [-0.39, 0.29) is 0 Å². The van der Waals surface area contributed by atoms with E-state index >= 15 is 0 Å². The Kier molecular flexibility index (Phi) is 42.6. The van der Waals surface area contributed by atoms with E-state index in [1.54, 1.807) is 0 Å². The van der Waals surface area contributed by atoms with Crippen LogP contribution in [0, 0.1) is 0 Å². The summed E-state index contributed by atoms with van der Waals surface area (Å²) in [6.45, 7) is 11.7. The maximum Gasteiger partial charge on any atom is -0.00519 e. The summed E-state index contributed by atoms with van der Waals surface area (Å²) in [5.74, 6) is 0. The van der Waals surface area contributed by atoms with Crippen LogP contribution in [-0.4, -0.2) is 13.6 Å². The average molecular weight is 189 g/mol. The molecule has 0 aromatic carbocycles. The Bertz CT molecular complexity index is 38.4. The number of unbranched alkanes of at least 4 members (excludes halogenated alkanes) is 3. The smallest absolute Gasteiger partial charge is 0.00519 e. The van der Waals surface area contributed by atoms with Crippen LogP contribution in [0.3, 0.4) is 0 Å². The first-order valence-corrected chi connectivity index (χ1v) is 5.97. The van der Waals surface area contributed by atoms with E-state index < -0.39 is 0 Å². The zero-order valence-electron chi connectivity index (χ0n) is 10.7. The number of hydrogen-bond donors (Lipinski definition) is 1. The van der Waals surface area contributed by atoms with Crippen molar-refractivity contribution in [2.75, 3.05) is 13.6 Å². The van der Waals surface area contributed by atoms with Crippen LogP contribution in [0.25, 0.3) is 0 Å². The van der Waals surface area contributed by atoms with Gasteiger partial charge >= 0.3 is 0 Å². The van der Waals surface area contributed by atoms with Gasteiger partial charge in [-0.2, -0.15) is 0 Å². The molecule has 0 spiro atoms. The summed E-state index contributed by atoms with van der Waals surface area (Å²) >= 11 is 0. The lowest BCUT2D eigenvalue weighted by Gasteiger charge is -1.95. The van der Waals surface area contributed by atoms with E-state index in [0.29, 0.717) is 0 Å². The lowest BCUT2D eigenvalue weighted by molar-refractivity contribution is 0.634. The van der Waals surface area contributed by atoms with Gasteiger partial charge in [-0.15, -0.1) is 0 Å². The predicted molar refractivity (Wildman–Crippen MR) is 65.4 cm³/mol. The second kappa shape index (κ2) is 29.7. The third kappa shape index (κ3) is 48.2. The Labute approximate surface area is 86.3 Å². The Morgan fingerprint density at radius 3 is 1.62 bits per heavy atom. The van der Waals surface area contributed by atoms with Gasteiger partial charge in [0.2, 0.25) is 0 Å². The van der Waals surface area contributed by atoms with Crippen molar-refractivity contribution in [1.29, 1.82) is 0 Å². The van der Waals surface area contributed by atoms with Gasteiger partial charge in [-0.05, 0) is 20.0 Å². The molecule has 0 unspecified atom stereocenters. The molecular formula is C12H31N. The van der Waals surface area contributed by atoms with Crippen molar-refractivity contribution >= 4 is 0 Å². The van der Waals surface area contributed by atoms with Gasteiger partial charge in [-0.25, -0.2) is 0 Å². The van der Waals surface area contributed by atoms with Gasteiger partial charge in [0, 0.05) is 0 Å². The van der Waals surface area contributed by atoms with Gasteiger partial charge in [0.25, 0.3) is 0 Å². The molecule has 0 fully saturated rings. The fourth-order valence-electron chi connectivity index (χ4n) is 0.729. The van der Waals surface area contributed by atoms with E-state index in [0.717, 1.165) is 0 Å². The Morgan fingerprint density at radius 1 is 0.846 bits per heavy atom. The summed E-state index contributed by atoms with van der Waals surface area (Å²) in [6, 6.07) is 0. The van der Waals surface area contributed by atoms with E-state index in [4.69, 9.17) is 0 Å². The maximum absolute atomic E-state index is 3.13. The number of rotatable bonds is 5. The van der Waals surface area contributed by atoms with Crippen LogP contribution < -0.4 is 5.32 Å². The Morgan fingerprint density at radius 2 is 1.31 bits per heavy atom. The van der Waals surface area contributed by atoms with E-state index in [9.17, 15) is 0 Å². The first kappa shape index (κ1) is 18.7. The molecule has 0 saturated heterocycles. The van der Waals surface area contributed by atoms with Gasteiger partial charge in [0.1, 0.15) is 0 Å². The van der Waals surface area contributed by atoms with Gasteiger partial charge in [0.15, 0.2) is 0 Å². The van der Waals surface area contributed by atoms with Gasteiger partial charge < -0.3 is 5.32 Å². The quantitative estimate of drug-likeness (QED) is 0.638. The fraction of sp³-hybridized carbons (Fsp3) is 1.00. The van der Waals surface area contributed by atoms with Crippen LogP contribution in [0.2, 0.25) is 0 Å². The van der Waals surface area contributed by atoms with Crippen LogP contribution in [0.5, 0.6) is 0 Å². The molecule has 0 saturated carbocycles. The molecular weight excluding hydrogens is 158 g/mol. The van der Waals surface area contributed by atoms with Crippen molar-refractivity contribution in [3.8, 4) is 0 Å². The second-order valence-corrected chi connectivity index (χ2v) is 2.87. The Hall–Kier alpha value is -0.0400. The molecule has 0 rings (SSSR count). The average Bonchev–Trinajstić information content (AvgIpc) is 2.17. The predicted octanol–water partition coefficient (Wildman–Crippen LogP) is 4.23. The highest BCUT2D eigenvalue weighted by molar-refractivity contribution is 4.41. The fourth-order valence-corrected chi connectivity index (χ4v) is 0.729. The minimum atomic E-state index is 1.18. The summed E-state index contributed by atoms with van der Waals surface area (Å²) in [6.07, 6.45) is 6.70. The first-order chi connectivity index (χ1) is 6.33. The second-order valence-electron chi connectivity index (χ2n) is 2.87. The molecule has 0 heterocycles. The molecule has 0 aliphatic heterocycles. The van der Waals surface area contributed by atoms with Gasteiger partial charge in [0.05, 0.1) is 0 Å². The Balaban J connectivity index is -0.000000169. The molecule has 0 aliphatic carbocycles. The standard InChI is InChI=1S/C7H17N.C3H8.C2H6/c1-3-4-5-6-7-8-2;1-3-2;1-2/h8H,3-7H2,1-2H3;3H2,1-2H3;1-2H3. The molecule has 0 atom stereocenters. The third-order valence-electron chi connectivity index (χ3n) is 1.28. The molecule has 84 valence electrons. The molecule has 1 nitrogen and oxygen atoms in total. The summed E-state index contributed by atoms with van der Waals surface area (Å²) in [7, 11) is 2.01. The number of hydrogen-bond acceptors (Lipinski definition) is 1. The maximum atomic E-state index is 3.13. The molecule has 0 bridgehead atoms. The van der Waals surface area contributed by atoms with Crippen LogP contribution in [0.4, 0.5) is 0 Å². The van der Waals surface area contributed by atoms with Gasteiger partial charge in [-0.3, -0.25) is 0 Å². The molecule has 0 amide bonds.